The van der Waals surface area contributed by atoms with Gasteiger partial charge in [-0.2, -0.15) is 0 Å². The van der Waals surface area contributed by atoms with Crippen molar-refractivity contribution in [3.05, 3.63) is 34.9 Å². The smallest absolute Gasteiger partial charge is 0.258 e. The Morgan fingerprint density at radius 3 is 3.08 bits per heavy atom. The second-order valence-electron chi connectivity index (χ2n) is 2.71. The van der Waals surface area contributed by atoms with Crippen molar-refractivity contribution in [3.63, 3.8) is 0 Å². The first-order chi connectivity index (χ1) is 6.31. The maximum absolute atomic E-state index is 11.3. The van der Waals surface area contributed by atoms with Gasteiger partial charge in [-0.25, -0.2) is 4.98 Å². The lowest BCUT2D eigenvalue weighted by Gasteiger charge is -2.00. The lowest BCUT2D eigenvalue weighted by atomic mass is 10.2. The Labute approximate surface area is 74.6 Å². The van der Waals surface area contributed by atoms with Gasteiger partial charge in [0.05, 0.1) is 17.2 Å². The minimum Gasteiger partial charge on any atom is -0.388 e. The van der Waals surface area contributed by atoms with E-state index >= 15 is 0 Å². The molecule has 0 saturated heterocycles. The third-order valence-corrected chi connectivity index (χ3v) is 1.93. The van der Waals surface area contributed by atoms with Gasteiger partial charge in [0.15, 0.2) is 0 Å². The molecule has 0 unspecified atom stereocenters. The SMILES string of the molecule is CNc1ccc2c(=O)[nH]cnc2c1. The molecule has 2 aromatic rings. The van der Waals surface area contributed by atoms with E-state index in [1.165, 1.54) is 6.33 Å². The summed E-state index contributed by atoms with van der Waals surface area (Å²) in [4.78, 5) is 17.8. The van der Waals surface area contributed by atoms with Crippen LogP contribution >= 0.6 is 0 Å². The van der Waals surface area contributed by atoms with Crippen LogP contribution in [0, 0.1) is 0 Å². The molecule has 0 aliphatic rings. The molecule has 0 amide bonds. The van der Waals surface area contributed by atoms with Gasteiger partial charge in [0.2, 0.25) is 0 Å². The summed E-state index contributed by atoms with van der Waals surface area (Å²) < 4.78 is 0. The Morgan fingerprint density at radius 2 is 2.31 bits per heavy atom. The molecule has 1 aromatic heterocycles. The minimum atomic E-state index is -0.104. The second-order valence-corrected chi connectivity index (χ2v) is 2.71. The highest BCUT2D eigenvalue weighted by atomic mass is 16.1. The fourth-order valence-electron chi connectivity index (χ4n) is 1.22. The van der Waals surface area contributed by atoms with Crippen molar-refractivity contribution >= 4 is 16.6 Å². The highest BCUT2D eigenvalue weighted by Gasteiger charge is 1.98. The quantitative estimate of drug-likeness (QED) is 0.678. The molecule has 0 fully saturated rings. The first-order valence-electron chi connectivity index (χ1n) is 3.96. The number of fused-ring (bicyclic) bond motifs is 1. The van der Waals surface area contributed by atoms with Crippen LogP contribution in [0.15, 0.2) is 29.3 Å². The van der Waals surface area contributed by atoms with Gasteiger partial charge in [0.25, 0.3) is 5.56 Å². The standard InChI is InChI=1S/C9H9N3O/c1-10-6-2-3-7-8(4-6)11-5-12-9(7)13/h2-5,10H,1H3,(H,11,12,13). The number of nitrogens with one attached hydrogen (secondary N) is 2. The average molecular weight is 175 g/mol. The first-order valence-corrected chi connectivity index (χ1v) is 3.96. The molecule has 1 aromatic carbocycles. The Hall–Kier alpha value is -1.84. The summed E-state index contributed by atoms with van der Waals surface area (Å²) in [7, 11) is 1.83. The van der Waals surface area contributed by atoms with E-state index in [2.05, 4.69) is 15.3 Å². The van der Waals surface area contributed by atoms with Crippen molar-refractivity contribution in [2.24, 2.45) is 0 Å². The van der Waals surface area contributed by atoms with E-state index < -0.39 is 0 Å². The van der Waals surface area contributed by atoms with Crippen LogP contribution in [-0.4, -0.2) is 17.0 Å². The fraction of sp³-hybridized carbons (Fsp3) is 0.111. The van der Waals surface area contributed by atoms with Gasteiger partial charge in [0.1, 0.15) is 0 Å². The van der Waals surface area contributed by atoms with Crippen LogP contribution in [-0.2, 0) is 0 Å². The molecule has 2 N–H and O–H groups in total. The molecule has 0 aliphatic carbocycles. The van der Waals surface area contributed by atoms with Crippen molar-refractivity contribution in [2.75, 3.05) is 12.4 Å². The normalized spacial score (nSPS) is 10.2. The number of hydrogen-bond donors (Lipinski definition) is 2. The Balaban J connectivity index is 2.80. The van der Waals surface area contributed by atoms with Gasteiger partial charge >= 0.3 is 0 Å². The molecule has 13 heavy (non-hydrogen) atoms. The zero-order valence-electron chi connectivity index (χ0n) is 7.16. The van der Waals surface area contributed by atoms with Crippen molar-refractivity contribution in [2.45, 2.75) is 0 Å². The highest BCUT2D eigenvalue weighted by Crippen LogP contribution is 2.12. The summed E-state index contributed by atoms with van der Waals surface area (Å²) in [5.74, 6) is 0. The summed E-state index contributed by atoms with van der Waals surface area (Å²) in [6, 6.07) is 5.44. The van der Waals surface area contributed by atoms with Crippen LogP contribution in [0.3, 0.4) is 0 Å². The van der Waals surface area contributed by atoms with Crippen molar-refractivity contribution < 1.29 is 0 Å². The van der Waals surface area contributed by atoms with Crippen LogP contribution < -0.4 is 10.9 Å². The third-order valence-electron chi connectivity index (χ3n) is 1.93. The molecule has 0 atom stereocenters. The van der Waals surface area contributed by atoms with E-state index in [0.717, 1.165) is 5.69 Å². The molecule has 0 bridgehead atoms. The largest absolute Gasteiger partial charge is 0.388 e. The van der Waals surface area contributed by atoms with Gasteiger partial charge in [0, 0.05) is 12.7 Å². The molecule has 0 spiro atoms. The zero-order valence-corrected chi connectivity index (χ0v) is 7.16. The number of benzene rings is 1. The van der Waals surface area contributed by atoms with Crippen LogP contribution in [0.1, 0.15) is 0 Å². The molecular formula is C9H9N3O. The van der Waals surface area contributed by atoms with E-state index in [1.807, 2.05) is 19.2 Å². The fourth-order valence-corrected chi connectivity index (χ4v) is 1.22. The summed E-state index contributed by atoms with van der Waals surface area (Å²) in [6.45, 7) is 0. The van der Waals surface area contributed by atoms with Crippen LogP contribution in [0.25, 0.3) is 10.9 Å². The summed E-state index contributed by atoms with van der Waals surface area (Å²) in [5, 5.41) is 3.60. The third kappa shape index (κ3) is 1.26. The molecule has 1 heterocycles. The molecular weight excluding hydrogens is 166 g/mol. The van der Waals surface area contributed by atoms with E-state index in [-0.39, 0.29) is 5.56 Å². The van der Waals surface area contributed by atoms with Gasteiger partial charge < -0.3 is 10.3 Å². The predicted octanol–water partition coefficient (Wildman–Crippen LogP) is 0.965. The number of rotatable bonds is 1. The Bertz CT molecular complexity index is 489. The average Bonchev–Trinajstić information content (AvgIpc) is 2.18. The number of nitrogens with zero attached hydrogens (tertiary/aromatic N) is 1. The molecule has 0 saturated carbocycles. The van der Waals surface area contributed by atoms with Gasteiger partial charge in [-0.15, -0.1) is 0 Å². The number of anilines is 1. The van der Waals surface area contributed by atoms with E-state index in [0.29, 0.717) is 10.9 Å². The summed E-state index contributed by atoms with van der Waals surface area (Å²) >= 11 is 0. The van der Waals surface area contributed by atoms with E-state index in [9.17, 15) is 4.79 Å². The highest BCUT2D eigenvalue weighted by molar-refractivity contribution is 5.80. The zero-order chi connectivity index (χ0) is 9.26. The van der Waals surface area contributed by atoms with Crippen LogP contribution in [0.2, 0.25) is 0 Å². The maximum atomic E-state index is 11.3. The molecule has 4 heteroatoms. The number of H-pyrrole nitrogens is 1. The van der Waals surface area contributed by atoms with Crippen LogP contribution in [0.5, 0.6) is 0 Å². The number of hydrogen-bond acceptors (Lipinski definition) is 3. The Morgan fingerprint density at radius 1 is 1.46 bits per heavy atom. The van der Waals surface area contributed by atoms with Crippen LogP contribution in [0.4, 0.5) is 5.69 Å². The summed E-state index contributed by atoms with van der Waals surface area (Å²) in [6.07, 6.45) is 1.41. The lowest BCUT2D eigenvalue weighted by Crippen LogP contribution is -2.06. The first kappa shape index (κ1) is 7.79. The van der Waals surface area contributed by atoms with Crippen molar-refractivity contribution in [3.8, 4) is 0 Å². The van der Waals surface area contributed by atoms with Gasteiger partial charge in [-0.3, -0.25) is 4.79 Å². The molecule has 66 valence electrons. The molecule has 2 rings (SSSR count). The molecule has 0 aliphatic heterocycles. The number of aromatic amines is 1. The lowest BCUT2D eigenvalue weighted by molar-refractivity contribution is 1.17. The molecule has 0 radical (unpaired) electrons. The maximum Gasteiger partial charge on any atom is 0.258 e. The predicted molar refractivity (Wildman–Crippen MR) is 51.9 cm³/mol. The van der Waals surface area contributed by atoms with Gasteiger partial charge in [-0.05, 0) is 18.2 Å². The minimum absolute atomic E-state index is 0.104. The second kappa shape index (κ2) is 2.90. The van der Waals surface area contributed by atoms with E-state index in [1.54, 1.807) is 6.07 Å². The van der Waals surface area contributed by atoms with Crippen molar-refractivity contribution in [1.29, 1.82) is 0 Å². The number of aromatic nitrogens is 2. The monoisotopic (exact) mass is 175 g/mol. The summed E-state index contributed by atoms with van der Waals surface area (Å²) in [5.41, 5.74) is 1.55. The Kier molecular flexibility index (Phi) is 1.73. The topological polar surface area (TPSA) is 57.8 Å². The van der Waals surface area contributed by atoms with Gasteiger partial charge in [-0.1, -0.05) is 0 Å². The van der Waals surface area contributed by atoms with E-state index in [4.69, 9.17) is 0 Å². The molecule has 4 nitrogen and oxygen atoms in total. The van der Waals surface area contributed by atoms with Crippen molar-refractivity contribution in [1.82, 2.24) is 9.97 Å².